The Morgan fingerprint density at radius 2 is 1.80 bits per heavy atom. The highest BCUT2D eigenvalue weighted by Gasteiger charge is 2.18. The van der Waals surface area contributed by atoms with Crippen molar-refractivity contribution in [2.45, 2.75) is 11.8 Å². The number of benzene rings is 2. The van der Waals surface area contributed by atoms with Crippen LogP contribution in [0.4, 0.5) is 10.1 Å². The molecule has 2 aromatic rings. The van der Waals surface area contributed by atoms with E-state index in [-0.39, 0.29) is 20.1 Å². The van der Waals surface area contributed by atoms with Gasteiger partial charge in [-0.3, -0.25) is 4.72 Å². The number of rotatable bonds is 3. The monoisotopic (exact) mass is 377 g/mol. The van der Waals surface area contributed by atoms with Crippen molar-refractivity contribution >= 4 is 43.2 Å². The van der Waals surface area contributed by atoms with Crippen LogP contribution in [0.1, 0.15) is 5.56 Å². The summed E-state index contributed by atoms with van der Waals surface area (Å²) >= 11 is 8.76. The third-order valence-corrected chi connectivity index (χ3v) is 4.78. The summed E-state index contributed by atoms with van der Waals surface area (Å²) in [5.41, 5.74) is 0.762. The van der Waals surface area contributed by atoms with E-state index in [0.29, 0.717) is 0 Å². The molecule has 2 aromatic carbocycles. The molecule has 0 saturated carbocycles. The van der Waals surface area contributed by atoms with Crippen molar-refractivity contribution in [1.29, 1.82) is 0 Å². The van der Waals surface area contributed by atoms with Crippen LogP contribution in [0.3, 0.4) is 0 Å². The van der Waals surface area contributed by atoms with Crippen molar-refractivity contribution in [3.8, 4) is 0 Å². The zero-order valence-electron chi connectivity index (χ0n) is 10.3. The topological polar surface area (TPSA) is 46.2 Å². The Balaban J connectivity index is 2.41. The second-order valence-corrected chi connectivity index (χ2v) is 7.14. The maximum absolute atomic E-state index is 13.8. The van der Waals surface area contributed by atoms with Gasteiger partial charge in [-0.1, -0.05) is 29.3 Å². The number of anilines is 1. The van der Waals surface area contributed by atoms with E-state index in [4.69, 9.17) is 11.6 Å². The number of hydrogen-bond acceptors (Lipinski definition) is 2. The fourth-order valence-electron chi connectivity index (χ4n) is 1.55. The van der Waals surface area contributed by atoms with Gasteiger partial charge < -0.3 is 0 Å². The van der Waals surface area contributed by atoms with Crippen LogP contribution < -0.4 is 4.72 Å². The van der Waals surface area contributed by atoms with E-state index < -0.39 is 15.8 Å². The summed E-state index contributed by atoms with van der Waals surface area (Å²) in [4.78, 5) is 0.0596. The van der Waals surface area contributed by atoms with Gasteiger partial charge in [-0.25, -0.2) is 12.8 Å². The van der Waals surface area contributed by atoms with Crippen LogP contribution >= 0.6 is 27.5 Å². The molecule has 0 radical (unpaired) electrons. The molecule has 0 amide bonds. The molecule has 2 rings (SSSR count). The third-order valence-electron chi connectivity index (χ3n) is 2.57. The smallest absolute Gasteiger partial charge is 0.262 e. The number of hydrogen-bond donors (Lipinski definition) is 1. The van der Waals surface area contributed by atoms with Crippen molar-refractivity contribution < 1.29 is 12.8 Å². The van der Waals surface area contributed by atoms with Crippen molar-refractivity contribution in [1.82, 2.24) is 0 Å². The molecule has 0 fully saturated rings. The van der Waals surface area contributed by atoms with E-state index in [1.54, 1.807) is 12.1 Å². The summed E-state index contributed by atoms with van der Waals surface area (Å²) in [5, 5.41) is 0.174. The van der Waals surface area contributed by atoms with Gasteiger partial charge in [0.2, 0.25) is 0 Å². The van der Waals surface area contributed by atoms with Gasteiger partial charge in [-0.2, -0.15) is 0 Å². The van der Waals surface area contributed by atoms with Crippen LogP contribution in [0.15, 0.2) is 45.8 Å². The number of sulfonamides is 1. The minimum absolute atomic E-state index is 0.0596. The number of aryl methyl sites for hydroxylation is 1. The molecule has 1 N–H and O–H groups in total. The summed E-state index contributed by atoms with van der Waals surface area (Å²) in [6.45, 7) is 1.85. The summed E-state index contributed by atoms with van der Waals surface area (Å²) in [5.74, 6) is -0.750. The molecular weight excluding hydrogens is 369 g/mol. The zero-order chi connectivity index (χ0) is 14.9. The average Bonchev–Trinajstić information content (AvgIpc) is 2.34. The number of halogens is 3. The van der Waals surface area contributed by atoms with Gasteiger partial charge in [-0.05, 0) is 47.1 Å². The number of nitrogens with one attached hydrogen (secondary N) is 1. The highest BCUT2D eigenvalue weighted by molar-refractivity contribution is 9.10. The molecule has 3 nitrogen and oxygen atoms in total. The lowest BCUT2D eigenvalue weighted by molar-refractivity contribution is 0.598. The van der Waals surface area contributed by atoms with Crippen molar-refractivity contribution in [2.75, 3.05) is 4.72 Å². The second-order valence-electron chi connectivity index (χ2n) is 4.16. The molecule has 0 aliphatic carbocycles. The Morgan fingerprint density at radius 3 is 2.35 bits per heavy atom. The molecule has 0 saturated heterocycles. The lowest BCUT2D eigenvalue weighted by Crippen LogP contribution is -2.14. The minimum Gasteiger partial charge on any atom is -0.275 e. The lowest BCUT2D eigenvalue weighted by Gasteiger charge is -2.11. The van der Waals surface area contributed by atoms with Crippen LogP contribution in [0.5, 0.6) is 0 Å². The van der Waals surface area contributed by atoms with Crippen LogP contribution in [-0.4, -0.2) is 8.42 Å². The lowest BCUT2D eigenvalue weighted by atomic mass is 10.2. The molecule has 20 heavy (non-hydrogen) atoms. The molecule has 0 heterocycles. The molecular formula is C13H10BrClFNO2S. The molecule has 0 atom stereocenters. The normalized spacial score (nSPS) is 11.4. The molecule has 0 unspecified atom stereocenters. The van der Waals surface area contributed by atoms with E-state index in [1.165, 1.54) is 18.2 Å². The Kier molecular flexibility index (Phi) is 4.36. The van der Waals surface area contributed by atoms with Gasteiger partial charge in [0.1, 0.15) is 5.82 Å². The van der Waals surface area contributed by atoms with E-state index in [2.05, 4.69) is 20.7 Å². The largest absolute Gasteiger partial charge is 0.275 e. The van der Waals surface area contributed by atoms with E-state index in [0.717, 1.165) is 11.6 Å². The van der Waals surface area contributed by atoms with Crippen molar-refractivity contribution in [2.24, 2.45) is 0 Å². The van der Waals surface area contributed by atoms with Gasteiger partial charge in [0.25, 0.3) is 10.0 Å². The van der Waals surface area contributed by atoms with Crippen LogP contribution in [0.2, 0.25) is 5.02 Å². The molecule has 0 aliphatic rings. The highest BCUT2D eigenvalue weighted by Crippen LogP contribution is 2.31. The predicted molar refractivity (Wildman–Crippen MR) is 81.1 cm³/mol. The van der Waals surface area contributed by atoms with Crippen molar-refractivity contribution in [3.05, 3.63) is 57.3 Å². The van der Waals surface area contributed by atoms with E-state index >= 15 is 0 Å². The fraction of sp³-hybridized carbons (Fsp3) is 0.0769. The van der Waals surface area contributed by atoms with Gasteiger partial charge >= 0.3 is 0 Å². The first-order valence-corrected chi connectivity index (χ1v) is 8.19. The van der Waals surface area contributed by atoms with E-state index in [9.17, 15) is 12.8 Å². The Bertz CT molecular complexity index is 724. The minimum atomic E-state index is -3.85. The standard InChI is InChI=1S/C13H10BrClFNO2S/c1-8-2-4-10(5-3-8)20(18,19)17-13-11(14)6-9(15)7-12(13)16/h2-7,17H,1H3. The van der Waals surface area contributed by atoms with Gasteiger partial charge in [-0.15, -0.1) is 0 Å². The van der Waals surface area contributed by atoms with Crippen LogP contribution in [0, 0.1) is 12.7 Å². The first-order chi connectivity index (χ1) is 9.29. The Hall–Kier alpha value is -1.11. The summed E-state index contributed by atoms with van der Waals surface area (Å²) in [6, 6.07) is 8.71. The maximum atomic E-state index is 13.8. The van der Waals surface area contributed by atoms with Crippen molar-refractivity contribution in [3.63, 3.8) is 0 Å². The molecule has 0 aliphatic heterocycles. The van der Waals surface area contributed by atoms with Gasteiger partial charge in [0.15, 0.2) is 0 Å². The van der Waals surface area contributed by atoms with Gasteiger partial charge in [0, 0.05) is 9.50 Å². The molecule has 7 heteroatoms. The van der Waals surface area contributed by atoms with Gasteiger partial charge in [0.05, 0.1) is 10.6 Å². The second kappa shape index (κ2) is 5.71. The fourth-order valence-corrected chi connectivity index (χ4v) is 3.64. The molecule has 0 bridgehead atoms. The highest BCUT2D eigenvalue weighted by atomic mass is 79.9. The maximum Gasteiger partial charge on any atom is 0.262 e. The SMILES string of the molecule is Cc1ccc(S(=O)(=O)Nc2c(F)cc(Cl)cc2Br)cc1. The summed E-state index contributed by atoms with van der Waals surface area (Å²) in [7, 11) is -3.85. The summed E-state index contributed by atoms with van der Waals surface area (Å²) < 4.78 is 40.6. The first kappa shape index (κ1) is 15.3. The zero-order valence-corrected chi connectivity index (χ0v) is 13.5. The summed E-state index contributed by atoms with van der Waals surface area (Å²) in [6.07, 6.45) is 0. The molecule has 106 valence electrons. The Labute approximate surface area is 130 Å². The first-order valence-electron chi connectivity index (χ1n) is 5.53. The van der Waals surface area contributed by atoms with Crippen LogP contribution in [0.25, 0.3) is 0 Å². The van der Waals surface area contributed by atoms with Crippen LogP contribution in [-0.2, 0) is 10.0 Å². The Morgan fingerprint density at radius 1 is 1.20 bits per heavy atom. The molecule has 0 aromatic heterocycles. The predicted octanol–water partition coefficient (Wildman–Crippen LogP) is 4.35. The molecule has 0 spiro atoms. The third kappa shape index (κ3) is 3.31. The average molecular weight is 379 g/mol. The van der Waals surface area contributed by atoms with E-state index in [1.807, 2.05) is 6.92 Å². The quantitative estimate of drug-likeness (QED) is 0.863.